The second-order valence-electron chi connectivity index (χ2n) is 5.79. The number of halogens is 2. The normalized spacial score (nSPS) is 18.8. The Morgan fingerprint density at radius 1 is 1.29 bits per heavy atom. The molecule has 0 saturated carbocycles. The van der Waals surface area contributed by atoms with E-state index in [1.54, 1.807) is 4.68 Å². The van der Waals surface area contributed by atoms with Gasteiger partial charge < -0.3 is 0 Å². The van der Waals surface area contributed by atoms with Crippen LogP contribution < -0.4 is 0 Å². The largest absolute Gasteiger partial charge is 0.282 e. The van der Waals surface area contributed by atoms with Gasteiger partial charge in [0.05, 0.1) is 0 Å². The van der Waals surface area contributed by atoms with Crippen LogP contribution in [-0.4, -0.2) is 9.78 Å². The molecule has 1 aromatic heterocycles. The van der Waals surface area contributed by atoms with Crippen LogP contribution in [0.3, 0.4) is 0 Å². The van der Waals surface area contributed by atoms with Gasteiger partial charge in [0.15, 0.2) is 0 Å². The van der Waals surface area contributed by atoms with Crippen LogP contribution in [0.4, 0.5) is 8.78 Å². The third-order valence-corrected chi connectivity index (χ3v) is 3.61. The van der Waals surface area contributed by atoms with Crippen molar-refractivity contribution in [3.8, 4) is 0 Å². The first-order chi connectivity index (χ1) is 7.84. The molecule has 2 rings (SSSR count). The van der Waals surface area contributed by atoms with E-state index in [2.05, 4.69) is 18.9 Å². The van der Waals surface area contributed by atoms with Gasteiger partial charge in [0.25, 0.3) is 6.43 Å². The summed E-state index contributed by atoms with van der Waals surface area (Å²) in [6, 6.07) is 0.133. The zero-order chi connectivity index (χ0) is 12.8. The van der Waals surface area contributed by atoms with Crippen molar-refractivity contribution < 1.29 is 8.78 Å². The molecule has 0 amide bonds. The molecular formula is C13H20F2N2. The van der Waals surface area contributed by atoms with Crippen LogP contribution in [0.5, 0.6) is 0 Å². The SMILES string of the molecule is CC(C)n1nc(C(F)F)c2c1C(C)(C)CCC2. The summed E-state index contributed by atoms with van der Waals surface area (Å²) >= 11 is 0. The van der Waals surface area contributed by atoms with Crippen LogP contribution in [0, 0.1) is 0 Å². The summed E-state index contributed by atoms with van der Waals surface area (Å²) in [5.74, 6) is 0. The van der Waals surface area contributed by atoms with Crippen LogP contribution in [0.15, 0.2) is 0 Å². The van der Waals surface area contributed by atoms with Gasteiger partial charge in [0, 0.05) is 22.7 Å². The third-order valence-electron chi connectivity index (χ3n) is 3.61. The molecular weight excluding hydrogens is 222 g/mol. The lowest BCUT2D eigenvalue weighted by atomic mass is 9.76. The van der Waals surface area contributed by atoms with Gasteiger partial charge in [-0.1, -0.05) is 13.8 Å². The lowest BCUT2D eigenvalue weighted by Crippen LogP contribution is -2.28. The molecule has 1 aliphatic rings. The van der Waals surface area contributed by atoms with Gasteiger partial charge in [-0.3, -0.25) is 4.68 Å². The molecule has 17 heavy (non-hydrogen) atoms. The van der Waals surface area contributed by atoms with Gasteiger partial charge in [0.1, 0.15) is 5.69 Å². The number of fused-ring (bicyclic) bond motifs is 1. The van der Waals surface area contributed by atoms with Crippen molar-refractivity contribution in [3.05, 3.63) is 17.0 Å². The number of nitrogens with zero attached hydrogens (tertiary/aromatic N) is 2. The van der Waals surface area contributed by atoms with E-state index in [1.165, 1.54) is 0 Å². The Balaban J connectivity index is 2.64. The monoisotopic (exact) mass is 242 g/mol. The van der Waals surface area contributed by atoms with Gasteiger partial charge >= 0.3 is 0 Å². The molecule has 0 N–H and O–H groups in total. The summed E-state index contributed by atoms with van der Waals surface area (Å²) in [6.07, 6.45) is 0.299. The molecule has 0 bridgehead atoms. The minimum Gasteiger partial charge on any atom is -0.266 e. The highest BCUT2D eigenvalue weighted by Crippen LogP contribution is 2.41. The Morgan fingerprint density at radius 3 is 2.47 bits per heavy atom. The zero-order valence-electron chi connectivity index (χ0n) is 10.9. The molecule has 0 saturated heterocycles. The van der Waals surface area contributed by atoms with Crippen LogP contribution >= 0.6 is 0 Å². The van der Waals surface area contributed by atoms with Gasteiger partial charge in [-0.25, -0.2) is 8.78 Å². The number of alkyl halides is 2. The van der Waals surface area contributed by atoms with E-state index in [0.29, 0.717) is 0 Å². The number of aromatic nitrogens is 2. The first kappa shape index (κ1) is 12.5. The fourth-order valence-corrected chi connectivity index (χ4v) is 2.83. The van der Waals surface area contributed by atoms with Crippen molar-refractivity contribution in [2.75, 3.05) is 0 Å². The van der Waals surface area contributed by atoms with Crippen LogP contribution in [0.25, 0.3) is 0 Å². The Morgan fingerprint density at radius 2 is 1.94 bits per heavy atom. The van der Waals surface area contributed by atoms with E-state index in [1.807, 2.05) is 13.8 Å². The van der Waals surface area contributed by atoms with Crippen molar-refractivity contribution in [2.24, 2.45) is 0 Å². The summed E-state index contributed by atoms with van der Waals surface area (Å²) in [7, 11) is 0. The Labute approximate surface area is 101 Å². The zero-order valence-corrected chi connectivity index (χ0v) is 10.9. The highest BCUT2D eigenvalue weighted by Gasteiger charge is 2.36. The van der Waals surface area contributed by atoms with E-state index in [4.69, 9.17) is 0 Å². The topological polar surface area (TPSA) is 17.8 Å². The molecule has 1 aliphatic carbocycles. The molecule has 0 fully saturated rings. The van der Waals surface area contributed by atoms with Crippen molar-refractivity contribution in [1.82, 2.24) is 9.78 Å². The van der Waals surface area contributed by atoms with Crippen LogP contribution in [-0.2, 0) is 11.8 Å². The molecule has 0 atom stereocenters. The second kappa shape index (κ2) is 4.07. The van der Waals surface area contributed by atoms with Gasteiger partial charge in [-0.15, -0.1) is 0 Å². The van der Waals surface area contributed by atoms with Gasteiger partial charge in [-0.05, 0) is 33.1 Å². The lowest BCUT2D eigenvalue weighted by molar-refractivity contribution is 0.143. The van der Waals surface area contributed by atoms with Crippen molar-refractivity contribution in [3.63, 3.8) is 0 Å². The Hall–Kier alpha value is -0.930. The number of rotatable bonds is 2. The molecule has 96 valence electrons. The fourth-order valence-electron chi connectivity index (χ4n) is 2.83. The maximum Gasteiger partial charge on any atom is 0.282 e. The van der Waals surface area contributed by atoms with Crippen molar-refractivity contribution >= 4 is 0 Å². The molecule has 0 spiro atoms. The maximum absolute atomic E-state index is 13.0. The molecule has 4 heteroatoms. The maximum atomic E-state index is 13.0. The Kier molecular flexibility index (Phi) is 3.00. The number of hydrogen-bond donors (Lipinski definition) is 0. The Bertz CT molecular complexity index is 419. The highest BCUT2D eigenvalue weighted by atomic mass is 19.3. The average molecular weight is 242 g/mol. The summed E-state index contributed by atoms with van der Waals surface area (Å²) in [6.45, 7) is 8.24. The lowest BCUT2D eigenvalue weighted by Gasteiger charge is -2.32. The van der Waals surface area contributed by atoms with Gasteiger partial charge in [0.2, 0.25) is 0 Å². The van der Waals surface area contributed by atoms with E-state index < -0.39 is 6.43 Å². The molecule has 0 aliphatic heterocycles. The summed E-state index contributed by atoms with van der Waals surface area (Å²) in [5.41, 5.74) is 1.78. The van der Waals surface area contributed by atoms with Crippen LogP contribution in [0.1, 0.15) is 70.0 Å². The minimum absolute atomic E-state index is 0.00137. The van der Waals surface area contributed by atoms with Crippen molar-refractivity contribution in [2.45, 2.75) is 64.8 Å². The standard InChI is InChI=1S/C13H20F2N2/c1-8(2)17-11-9(10(16-17)12(14)15)6-5-7-13(11,3)4/h8,12H,5-7H2,1-4H3. The minimum atomic E-state index is -2.46. The average Bonchev–Trinajstić information content (AvgIpc) is 2.58. The second-order valence-corrected chi connectivity index (χ2v) is 5.79. The smallest absolute Gasteiger partial charge is 0.266 e. The fraction of sp³-hybridized carbons (Fsp3) is 0.769. The molecule has 1 aromatic rings. The molecule has 0 radical (unpaired) electrons. The van der Waals surface area contributed by atoms with Crippen molar-refractivity contribution in [1.29, 1.82) is 0 Å². The van der Waals surface area contributed by atoms with E-state index in [9.17, 15) is 8.78 Å². The predicted octanol–water partition coefficient (Wildman–Crippen LogP) is 4.02. The molecule has 2 nitrogen and oxygen atoms in total. The number of hydrogen-bond acceptors (Lipinski definition) is 1. The van der Waals surface area contributed by atoms with E-state index >= 15 is 0 Å². The first-order valence-electron chi connectivity index (χ1n) is 6.24. The molecule has 0 aromatic carbocycles. The predicted molar refractivity (Wildman–Crippen MR) is 63.5 cm³/mol. The summed E-state index contributed by atoms with van der Waals surface area (Å²) in [4.78, 5) is 0. The van der Waals surface area contributed by atoms with E-state index in [-0.39, 0.29) is 17.2 Å². The molecule has 0 unspecified atom stereocenters. The van der Waals surface area contributed by atoms with E-state index in [0.717, 1.165) is 30.5 Å². The van der Waals surface area contributed by atoms with Crippen LogP contribution in [0.2, 0.25) is 0 Å². The third kappa shape index (κ3) is 1.98. The summed E-state index contributed by atoms with van der Waals surface area (Å²) in [5, 5.41) is 4.15. The molecule has 1 heterocycles. The quantitative estimate of drug-likeness (QED) is 0.766. The highest BCUT2D eigenvalue weighted by molar-refractivity contribution is 5.35. The summed E-state index contributed by atoms with van der Waals surface area (Å²) < 4.78 is 27.8. The van der Waals surface area contributed by atoms with Gasteiger partial charge in [-0.2, -0.15) is 5.10 Å². The first-order valence-corrected chi connectivity index (χ1v) is 6.24.